The zero-order chi connectivity index (χ0) is 33.1. The molecule has 14 heteroatoms. The lowest BCUT2D eigenvalue weighted by molar-refractivity contribution is -0.132. The molecule has 0 heterocycles. The Labute approximate surface area is 258 Å². The molecule has 0 aliphatic rings. The first-order valence-electron chi connectivity index (χ1n) is 14.6. The van der Waals surface area contributed by atoms with E-state index in [1.165, 1.54) is 20.8 Å². The van der Waals surface area contributed by atoms with E-state index in [9.17, 15) is 28.8 Å². The van der Waals surface area contributed by atoms with Crippen LogP contribution in [0.5, 0.6) is 0 Å². The normalized spacial score (nSPS) is 12.8. The van der Waals surface area contributed by atoms with Gasteiger partial charge in [-0.05, 0) is 50.8 Å². The molecule has 0 aliphatic heterocycles. The fourth-order valence-corrected chi connectivity index (χ4v) is 3.61. The van der Waals surface area contributed by atoms with Crippen molar-refractivity contribution in [1.82, 2.24) is 21.3 Å². The number of hydrogen-bond donors (Lipinski definition) is 5. The molecule has 0 saturated carbocycles. The van der Waals surface area contributed by atoms with Crippen molar-refractivity contribution in [3.8, 4) is 0 Å². The monoisotopic (exact) mass is 621 g/mol. The molecule has 0 bridgehead atoms. The average Bonchev–Trinajstić information content (AvgIpc) is 2.96. The molecule has 1 rings (SSSR count). The van der Waals surface area contributed by atoms with Gasteiger partial charge in [-0.15, -0.1) is 0 Å². The van der Waals surface area contributed by atoms with Gasteiger partial charge in [0.15, 0.2) is 0 Å². The van der Waals surface area contributed by atoms with Crippen LogP contribution in [0.3, 0.4) is 0 Å². The number of amides is 5. The summed E-state index contributed by atoms with van der Waals surface area (Å²) in [7, 11) is 0. The Bertz CT molecular complexity index is 1090. The molecule has 44 heavy (non-hydrogen) atoms. The zero-order valence-electron chi connectivity index (χ0n) is 26.4. The molecule has 5 amide bonds. The summed E-state index contributed by atoms with van der Waals surface area (Å²) in [4.78, 5) is 71.5. The maximum atomic E-state index is 12.9. The highest BCUT2D eigenvalue weighted by Gasteiger charge is 2.27. The van der Waals surface area contributed by atoms with Gasteiger partial charge in [0.05, 0.1) is 32.5 Å². The average molecular weight is 622 g/mol. The van der Waals surface area contributed by atoms with Crippen LogP contribution < -0.4 is 26.6 Å². The van der Waals surface area contributed by atoms with Gasteiger partial charge in [-0.25, -0.2) is 4.79 Å². The number of benzene rings is 1. The van der Waals surface area contributed by atoms with Crippen LogP contribution in [-0.4, -0.2) is 86.6 Å². The summed E-state index contributed by atoms with van der Waals surface area (Å²) in [6.07, 6.45) is -0.313. The van der Waals surface area contributed by atoms with Gasteiger partial charge in [0, 0.05) is 25.6 Å². The SMILES string of the molecule is CC(=O)CNC(=O)OCc1ccc(NC(=O)C(C)NC(=O)C(NC(=O)CCC(C)OCCOCCNC(C)=O)C(C)C)cc1. The van der Waals surface area contributed by atoms with Crippen molar-refractivity contribution >= 4 is 41.2 Å². The Morgan fingerprint density at radius 3 is 2.11 bits per heavy atom. The summed E-state index contributed by atoms with van der Waals surface area (Å²) >= 11 is 0. The van der Waals surface area contributed by atoms with E-state index in [1.807, 2.05) is 6.92 Å². The highest BCUT2D eigenvalue weighted by molar-refractivity contribution is 5.98. The highest BCUT2D eigenvalue weighted by Crippen LogP contribution is 2.12. The van der Waals surface area contributed by atoms with Gasteiger partial charge in [0.25, 0.3) is 0 Å². The van der Waals surface area contributed by atoms with Crippen molar-refractivity contribution in [2.24, 2.45) is 5.92 Å². The molecule has 5 N–H and O–H groups in total. The number of rotatable bonds is 20. The second-order valence-electron chi connectivity index (χ2n) is 10.7. The van der Waals surface area contributed by atoms with Crippen molar-refractivity contribution < 1.29 is 43.0 Å². The zero-order valence-corrected chi connectivity index (χ0v) is 26.4. The predicted octanol–water partition coefficient (Wildman–Crippen LogP) is 1.42. The first kappa shape index (κ1) is 38.0. The number of hydrogen-bond acceptors (Lipinski definition) is 9. The molecule has 14 nitrogen and oxygen atoms in total. The molecule has 246 valence electrons. The third kappa shape index (κ3) is 17.2. The first-order chi connectivity index (χ1) is 20.8. The van der Waals surface area contributed by atoms with E-state index in [2.05, 4.69) is 26.6 Å². The van der Waals surface area contributed by atoms with Crippen LogP contribution in [0.2, 0.25) is 0 Å². The maximum Gasteiger partial charge on any atom is 0.407 e. The molecule has 1 aromatic rings. The maximum absolute atomic E-state index is 12.9. The van der Waals surface area contributed by atoms with Crippen LogP contribution in [0.25, 0.3) is 0 Å². The van der Waals surface area contributed by atoms with Crippen LogP contribution in [0.15, 0.2) is 24.3 Å². The Balaban J connectivity index is 2.44. The highest BCUT2D eigenvalue weighted by atomic mass is 16.5. The van der Waals surface area contributed by atoms with E-state index >= 15 is 0 Å². The van der Waals surface area contributed by atoms with Crippen LogP contribution in [0, 0.1) is 5.92 Å². The lowest BCUT2D eigenvalue weighted by atomic mass is 10.0. The van der Waals surface area contributed by atoms with E-state index in [1.54, 1.807) is 38.1 Å². The number of ketones is 1. The van der Waals surface area contributed by atoms with Gasteiger partial charge in [0.1, 0.15) is 24.5 Å². The first-order valence-corrected chi connectivity index (χ1v) is 14.6. The summed E-state index contributed by atoms with van der Waals surface area (Å²) in [6, 6.07) is 4.86. The number of anilines is 1. The lowest BCUT2D eigenvalue weighted by Crippen LogP contribution is -2.53. The standard InChI is InChI=1S/C30H47N5O9/c1-19(2)27(35-26(38)12-7-21(4)43-16-15-42-14-13-31-23(6)37)29(40)33-22(5)28(39)34-25-10-8-24(9-11-25)18-44-30(41)32-17-20(3)36/h8-11,19,21-22,27H,7,12-18H2,1-6H3,(H,31,37)(H,32,41)(H,33,40)(H,34,39)(H,35,38). The Kier molecular flexibility index (Phi) is 18.0. The van der Waals surface area contributed by atoms with E-state index in [0.717, 1.165) is 0 Å². The number of carbonyl (C=O) groups is 6. The summed E-state index contributed by atoms with van der Waals surface area (Å²) in [5, 5.41) is 13.1. The molecule has 0 saturated heterocycles. The van der Waals surface area contributed by atoms with E-state index in [-0.39, 0.29) is 49.2 Å². The molecular formula is C30H47N5O9. The van der Waals surface area contributed by atoms with Crippen molar-refractivity contribution in [2.75, 3.05) is 38.2 Å². The van der Waals surface area contributed by atoms with Crippen molar-refractivity contribution in [1.29, 1.82) is 0 Å². The van der Waals surface area contributed by atoms with Gasteiger partial charge in [-0.3, -0.25) is 24.0 Å². The molecule has 0 fully saturated rings. The van der Waals surface area contributed by atoms with Gasteiger partial charge < -0.3 is 40.8 Å². The third-order valence-corrected chi connectivity index (χ3v) is 6.12. The Morgan fingerprint density at radius 1 is 0.818 bits per heavy atom. The van der Waals surface area contributed by atoms with Crippen LogP contribution in [0.4, 0.5) is 10.5 Å². The minimum Gasteiger partial charge on any atom is -0.445 e. The van der Waals surface area contributed by atoms with Crippen molar-refractivity contribution in [2.45, 2.75) is 79.2 Å². The number of alkyl carbamates (subject to hydrolysis) is 1. The van der Waals surface area contributed by atoms with Crippen molar-refractivity contribution in [3.05, 3.63) is 29.8 Å². The quantitative estimate of drug-likeness (QED) is 0.134. The second kappa shape index (κ2) is 20.8. The smallest absolute Gasteiger partial charge is 0.407 e. The molecule has 1 aromatic carbocycles. The molecule has 3 unspecified atom stereocenters. The van der Waals surface area contributed by atoms with E-state index in [4.69, 9.17) is 14.2 Å². The topological polar surface area (TPSA) is 190 Å². The van der Waals surface area contributed by atoms with Crippen LogP contribution in [-0.2, 0) is 44.8 Å². The van der Waals surface area contributed by atoms with Crippen molar-refractivity contribution in [3.63, 3.8) is 0 Å². The van der Waals surface area contributed by atoms with Gasteiger partial charge in [-0.1, -0.05) is 26.0 Å². The molecule has 0 aromatic heterocycles. The Morgan fingerprint density at radius 2 is 1.50 bits per heavy atom. The lowest BCUT2D eigenvalue weighted by Gasteiger charge is -2.24. The fraction of sp³-hybridized carbons (Fsp3) is 0.600. The molecular weight excluding hydrogens is 574 g/mol. The Hall–Kier alpha value is -4.04. The number of nitrogens with one attached hydrogen (secondary N) is 5. The van der Waals surface area contributed by atoms with E-state index in [0.29, 0.717) is 44.0 Å². The summed E-state index contributed by atoms with van der Waals surface area (Å²) in [5.41, 5.74) is 1.14. The second-order valence-corrected chi connectivity index (χ2v) is 10.7. The minimum absolute atomic E-state index is 0.0181. The van der Waals surface area contributed by atoms with Crippen LogP contribution >= 0.6 is 0 Å². The number of Topliss-reactive ketones (excluding diaryl/α,β-unsaturated/α-hetero) is 1. The summed E-state index contributed by atoms with van der Waals surface area (Å²) in [6.45, 7) is 11.2. The fourth-order valence-electron chi connectivity index (χ4n) is 3.61. The summed E-state index contributed by atoms with van der Waals surface area (Å²) in [5.74, 6) is -1.78. The van der Waals surface area contributed by atoms with Gasteiger partial charge in [0.2, 0.25) is 23.6 Å². The van der Waals surface area contributed by atoms with Gasteiger partial charge in [-0.2, -0.15) is 0 Å². The van der Waals surface area contributed by atoms with Crippen LogP contribution in [0.1, 0.15) is 59.9 Å². The van der Waals surface area contributed by atoms with E-state index < -0.39 is 30.0 Å². The summed E-state index contributed by atoms with van der Waals surface area (Å²) < 4.78 is 16.0. The molecule has 0 aliphatic carbocycles. The third-order valence-electron chi connectivity index (χ3n) is 6.12. The van der Waals surface area contributed by atoms with Gasteiger partial charge >= 0.3 is 6.09 Å². The molecule has 3 atom stereocenters. The number of carbonyl (C=O) groups excluding carboxylic acids is 6. The predicted molar refractivity (Wildman–Crippen MR) is 162 cm³/mol. The molecule has 0 radical (unpaired) electrons. The minimum atomic E-state index is -0.887. The molecule has 0 spiro atoms. The largest absolute Gasteiger partial charge is 0.445 e. The number of ether oxygens (including phenoxy) is 3.